The van der Waals surface area contributed by atoms with Gasteiger partial charge in [-0.3, -0.25) is 52.0 Å². The second-order valence-corrected chi connectivity index (χ2v) is 34.0. The molecule has 21 atom stereocenters. The lowest BCUT2D eigenvalue weighted by Gasteiger charge is -2.44. The van der Waals surface area contributed by atoms with E-state index < -0.39 is 191 Å². The summed E-state index contributed by atoms with van der Waals surface area (Å²) in [5.74, 6) is -0.677. The Morgan fingerprint density at radius 3 is 1.15 bits per heavy atom. The van der Waals surface area contributed by atoms with Crippen molar-refractivity contribution >= 4 is 37.8 Å². The first-order valence-electron chi connectivity index (χ1n) is 51.1. The molecule has 12 rings (SSSR count). The number of alkyl halides is 5. The maximum Gasteiger partial charge on any atom is 0.349 e. The Morgan fingerprint density at radius 1 is 0.486 bits per heavy atom. The quantitative estimate of drug-likeness (QED) is 0.0104. The van der Waals surface area contributed by atoms with Crippen molar-refractivity contribution in [2.24, 2.45) is 11.8 Å². The van der Waals surface area contributed by atoms with Crippen molar-refractivity contribution in [3.63, 3.8) is 0 Å². The maximum absolute atomic E-state index is 13.4. The average molecular weight is 2090 g/mol. The Labute approximate surface area is 848 Å². The van der Waals surface area contributed by atoms with Crippen LogP contribution in [0, 0.1) is 53.0 Å². The molecule has 2 amide bonds. The first-order chi connectivity index (χ1) is 73.6. The second-order valence-electron chi connectivity index (χ2n) is 32.6. The highest BCUT2D eigenvalue weighted by atomic mass is 31.2. The lowest BCUT2D eigenvalue weighted by molar-refractivity contribution is -0.173. The number of aliphatic hydroxyl groups is 7. The van der Waals surface area contributed by atoms with Crippen LogP contribution in [-0.4, -0.2) is 347 Å². The summed E-state index contributed by atoms with van der Waals surface area (Å²) >= 11 is 0. The van der Waals surface area contributed by atoms with E-state index in [-0.39, 0.29) is 167 Å². The molecule has 0 aliphatic carbocycles. The molecule has 43 nitrogen and oxygen atoms in total. The van der Waals surface area contributed by atoms with Crippen LogP contribution in [0.5, 0.6) is 0 Å². The minimum Gasteiger partial charge on any atom is -0.400 e. The molecule has 5 fully saturated rings. The van der Waals surface area contributed by atoms with Gasteiger partial charge in [0.2, 0.25) is 13.7 Å². The number of ether oxygens (including phenoxy) is 10. The van der Waals surface area contributed by atoms with E-state index in [4.69, 9.17) is 82.7 Å². The summed E-state index contributed by atoms with van der Waals surface area (Å²) in [4.78, 5) is 130. The molecule has 13 N–H and O–H groups in total. The number of aromatic amines is 2. The van der Waals surface area contributed by atoms with E-state index in [1.807, 2.05) is 46.2 Å². The molecule has 5 aliphatic heterocycles. The molecule has 0 spiro atoms. The highest BCUT2D eigenvalue weighted by Crippen LogP contribution is 2.50. The number of nitrogens with zero attached hydrogens (tertiary/aromatic N) is 10. The number of nitrogens with two attached hydrogens (primary N) is 1. The minimum absolute atomic E-state index is 0.00565. The number of amides is 2. The van der Waals surface area contributed by atoms with E-state index in [0.717, 1.165) is 0 Å². The van der Waals surface area contributed by atoms with E-state index in [9.17, 15) is 75.3 Å². The van der Waals surface area contributed by atoms with Gasteiger partial charge in [-0.05, 0) is 121 Å². The van der Waals surface area contributed by atoms with Gasteiger partial charge in [0, 0.05) is 136 Å². The van der Waals surface area contributed by atoms with E-state index in [0.29, 0.717) is 38.9 Å². The molecular weight excluding hydrogens is 1930 g/mol. The number of H-pyrrole nitrogens is 2. The van der Waals surface area contributed by atoms with E-state index in [2.05, 4.69) is 65.9 Å². The van der Waals surface area contributed by atoms with Crippen molar-refractivity contribution in [3.8, 4) is 0 Å². The number of nitrogen functional groups attached to an aromatic ring is 1. The molecule has 1 unspecified atom stereocenters. The fraction of sp³-hybridized carbons (Fsp3) is 0.632. The second kappa shape index (κ2) is 66.9. The van der Waals surface area contributed by atoms with Crippen molar-refractivity contribution in [3.05, 3.63) is 215 Å². The summed E-state index contributed by atoms with van der Waals surface area (Å²) in [5.41, 5.74) is 4.96. The molecule has 5 saturated heterocycles. The number of carbonyl (C=O) groups excluding carboxylic acids is 2. The molecule has 5 aliphatic rings. The highest BCUT2D eigenvalue weighted by Gasteiger charge is 2.47. The Balaban J connectivity index is 0.000000488. The lowest BCUT2D eigenvalue weighted by Crippen LogP contribution is -2.54. The Bertz CT molecular complexity index is 5520. The molecule has 0 saturated carbocycles. The van der Waals surface area contributed by atoms with Gasteiger partial charge in [0.15, 0.2) is 0 Å². The Kier molecular flexibility index (Phi) is 51.7. The highest BCUT2D eigenvalue weighted by molar-refractivity contribution is 7.44. The van der Waals surface area contributed by atoms with Gasteiger partial charge in [-0.25, -0.2) is 57.2 Å². The normalized spacial score (nSPS) is 25.2. The minimum atomic E-state index is -1.75. The molecule has 810 valence electrons. The largest absolute Gasteiger partial charge is 0.400 e. The number of aromatic nitrogens is 10. The number of hydrogen-bond donors (Lipinski definition) is 12. The number of nitrogens with one attached hydrogen (secondary N) is 4. The molecule has 10 heterocycles. The molecule has 5 aromatic heterocycles. The Hall–Kier alpha value is -10.0. The molecule has 0 bridgehead atoms. The molecule has 0 radical (unpaired) electrons. The van der Waals surface area contributed by atoms with Crippen LogP contribution in [0.2, 0.25) is 0 Å². The van der Waals surface area contributed by atoms with Gasteiger partial charge in [0.25, 0.3) is 31.5 Å². The van der Waals surface area contributed by atoms with Crippen molar-refractivity contribution in [1.82, 2.24) is 52.4 Å². The number of rotatable bonds is 32. The SMILES string of the molecule is [2H]C[C@H]1OC[C@@H](n2cc(C)c(=O)[nH]c2=O)[C@H](OCCF)[C@@H]1C.[2H]C[C@H]1OC[C@@H](n2cc(C)c(=O)[nH]c2=O)[C@H](OCCF)[C@@H]1O.[2H]C[C@H]1OC[C@@H](n2cc(C)c(N)nc2=O)[C@H](OCCF)[C@@H]1C.[2H]C[C@H]1OC[C@@H](n2cc(C)c(NC(=O)c3ccccc3)nc2=O)[C@H](OCCF)[C@@H]1O.[2H]C[C@H]1OC[C@@H](n2cc(C)c(NC(=O)c3ccccc3)nc2=O)[C@H](OCCF)[C@@H]1OP(OCC[N+]#[C-])N(C(C)C)C(C)C.[3H]OC.[3H]OC.[3H]OC.[3H]OC.[3H]OC. The fourth-order valence-electron chi connectivity index (χ4n) is 15.3. The zero-order chi connectivity index (χ0) is 116. The predicted molar refractivity (Wildman–Crippen MR) is 528 cm³/mol. The third-order valence-corrected chi connectivity index (χ3v) is 24.6. The van der Waals surface area contributed by atoms with Crippen molar-refractivity contribution in [2.75, 3.05) is 165 Å². The maximum atomic E-state index is 13.4. The molecule has 7 aromatic rings. The number of aliphatic hydroxyl groups excluding tert-OH is 7. The topological polar surface area (TPSA) is 559 Å². The van der Waals surface area contributed by atoms with Crippen LogP contribution < -0.4 is 55.9 Å². The average Bonchev–Trinajstić information content (AvgIpc) is 1.04. The van der Waals surface area contributed by atoms with Gasteiger partial charge in [-0.15, -0.1) is 0 Å². The summed E-state index contributed by atoms with van der Waals surface area (Å²) in [6.45, 7) is 23.1. The first kappa shape index (κ1) is 111. The van der Waals surface area contributed by atoms with E-state index in [1.54, 1.807) is 108 Å². The van der Waals surface area contributed by atoms with E-state index >= 15 is 0 Å². The van der Waals surface area contributed by atoms with Gasteiger partial charge >= 0.3 is 28.4 Å². The first-order valence-corrected chi connectivity index (χ1v) is 46.6. The summed E-state index contributed by atoms with van der Waals surface area (Å²) < 4.78 is 207. The smallest absolute Gasteiger partial charge is 0.349 e. The monoisotopic (exact) mass is 2090 g/mol. The van der Waals surface area contributed by atoms with Crippen molar-refractivity contribution < 1.29 is 131 Å². The number of benzene rings is 2. The standard InChI is InChI=1S/C29H41FN5O6P.C20H24FN3O5.C14H22FN3O3.C14H21FN2O4.C13H19FN2O5.5CH4O/c1-19(2)35(20(3)4)42(40-16-14-31-7)41-25-22(6)39-18-24(26(25)38-15-13-30)34-17-21(5)27(33-29(34)37)32-28(36)23-11-9-8-10-12-23;1-12-10-24(15-11-29-13(2)16(25)17(15)28-9-8-21)20(27)23-18(12)22-19(26)14-6-4-3-5-7-14;1-8-6-18(14(19)17-13(8)16)11-7-21-10(3)9(2)12(11)20-5-4-15;1-8-6-17(14(19)16-13(8)18)11-7-21-10(3)9(2)12(11)20-5-4-15;1-7-5-16(13(19)15-12(7)18)9-6-21-8(2)10(17)11(9)20-4-3-14;5*1-2/h8-12,17,19-20,22,24-26H,13-16,18H2,1-6H3,(H,32,33,36,37);3-7,10,13,15-17,25H,8-9,11H2,1-2H3,(H,22,23,26,27);6,9-12H,4-5,7H2,1-3H3,(H2,16,17,19);6,9-12H,4-5,7H2,1-3H3,(H,16,18,19);5,8-11,17H,3-4,6H2,1-2H3,(H,15,18,19);5*2H,1H3/t22-,24-,25-,26+,42?;13-,15-,16-,17+;2*9-,10-,11-,12-;8-,9-,10-,11+;;;;;/m11111...../s1/i6D;2D;2*3D;2D;5*2T. The van der Waals surface area contributed by atoms with Crippen LogP contribution in [0.3, 0.4) is 0 Å². The fourth-order valence-corrected chi connectivity index (χ4v) is 17.0. The van der Waals surface area contributed by atoms with Crippen LogP contribution in [-0.2, 0) is 56.4 Å². The number of hydrogen-bond acceptors (Lipinski definition) is 33. The third-order valence-electron chi connectivity index (χ3n) is 22.5. The van der Waals surface area contributed by atoms with Crippen molar-refractivity contribution in [2.45, 2.75) is 232 Å². The Morgan fingerprint density at radius 2 is 0.792 bits per heavy atom. The summed E-state index contributed by atoms with van der Waals surface area (Å²) in [6, 6.07) is 14.0. The molecule has 144 heavy (non-hydrogen) atoms. The third kappa shape index (κ3) is 36.8. The zero-order valence-electron chi connectivity index (χ0n) is 93.8. The van der Waals surface area contributed by atoms with Crippen LogP contribution in [0.4, 0.5) is 39.4 Å². The lowest BCUT2D eigenvalue weighted by atomic mass is 9.90. The number of anilines is 3. The number of halogens is 5. The van der Waals surface area contributed by atoms with Gasteiger partial charge in [-0.1, -0.05) is 50.2 Å². The summed E-state index contributed by atoms with van der Waals surface area (Å²) in [5, 5.41) is 43.5. The van der Waals surface area contributed by atoms with E-state index in [1.165, 1.54) is 77.0 Å². The summed E-state index contributed by atoms with van der Waals surface area (Å²) in [6.07, 6.45) is -2.28. The van der Waals surface area contributed by atoms with Gasteiger partial charge in [0.05, 0.1) is 139 Å². The van der Waals surface area contributed by atoms with Gasteiger partial charge in [-0.2, -0.15) is 15.0 Å². The molecule has 49 heteroatoms. The zero-order valence-corrected chi connectivity index (χ0v) is 84.7. The van der Waals surface area contributed by atoms with Crippen LogP contribution >= 0.6 is 8.53 Å². The molecular formula is C95H147F5N15O28P. The van der Waals surface area contributed by atoms with Gasteiger partial charge in [0.1, 0.15) is 94.1 Å². The predicted octanol–water partition coefficient (Wildman–Crippen LogP) is 5.71. The number of aryl methyl sites for hydroxylation is 5. The molecule has 2 aromatic carbocycles. The van der Waals surface area contributed by atoms with Crippen LogP contribution in [0.1, 0.15) is 162 Å². The van der Waals surface area contributed by atoms with Crippen molar-refractivity contribution in [1.29, 1.82) is 7.16 Å². The van der Waals surface area contributed by atoms with Crippen LogP contribution in [0.25, 0.3) is 4.85 Å². The number of carbonyl (C=O) groups is 2. The summed E-state index contributed by atoms with van der Waals surface area (Å²) in [7, 11) is 4.71. The van der Waals surface area contributed by atoms with Gasteiger partial charge < -0.3 is 113 Å². The van der Waals surface area contributed by atoms with Crippen LogP contribution in [0.15, 0.2) is 125 Å².